The molecule has 1 aliphatic heterocycles. The van der Waals surface area contributed by atoms with Crippen LogP contribution in [0.4, 0.5) is 13.2 Å². The van der Waals surface area contributed by atoms with Crippen molar-refractivity contribution in [2.75, 3.05) is 11.9 Å². The van der Waals surface area contributed by atoms with Crippen LogP contribution < -0.4 is 11.2 Å². The number of halogens is 4. The summed E-state index contributed by atoms with van der Waals surface area (Å²) in [5.74, 6) is 0. The minimum Gasteiger partial charge on any atom is -0.344 e. The molecule has 0 radical (unpaired) electrons. The van der Waals surface area contributed by atoms with Gasteiger partial charge in [-0.3, -0.25) is 9.36 Å². The van der Waals surface area contributed by atoms with Crippen molar-refractivity contribution in [3.8, 4) is 5.69 Å². The van der Waals surface area contributed by atoms with Crippen LogP contribution in [0.25, 0.3) is 15.8 Å². The van der Waals surface area contributed by atoms with Gasteiger partial charge in [0.1, 0.15) is 11.4 Å². The molecule has 1 aliphatic rings. The fraction of sp³-hybridized carbons (Fsp3) is 0.389. The first-order valence-corrected chi connectivity index (χ1v) is 10.7. The fourth-order valence-electron chi connectivity index (χ4n) is 3.25. The molecule has 1 saturated heterocycles. The third kappa shape index (κ3) is 3.72. The lowest BCUT2D eigenvalue weighted by atomic mass is 10.2. The average Bonchev–Trinajstić information content (AvgIpc) is 3.30. The van der Waals surface area contributed by atoms with Crippen LogP contribution in [0.2, 0.25) is 0 Å². The first-order valence-electron chi connectivity index (χ1n) is 8.83. The van der Waals surface area contributed by atoms with E-state index in [1.807, 2.05) is 0 Å². The third-order valence-corrected chi connectivity index (χ3v) is 6.05. The van der Waals surface area contributed by atoms with Gasteiger partial charge in [0.2, 0.25) is 6.29 Å². The van der Waals surface area contributed by atoms with Crippen molar-refractivity contribution in [2.45, 2.75) is 25.0 Å². The molecule has 0 N–H and O–H groups in total. The topological polar surface area (TPSA) is 75.3 Å². The van der Waals surface area contributed by atoms with Crippen LogP contribution in [0.15, 0.2) is 33.9 Å². The maximum atomic E-state index is 13.1. The Morgan fingerprint density at radius 3 is 2.77 bits per heavy atom. The molecule has 2 aromatic heterocycles. The molecule has 0 spiro atoms. The lowest BCUT2D eigenvalue weighted by molar-refractivity contribution is -0.144. The largest absolute Gasteiger partial charge is 0.431 e. The predicted molar refractivity (Wildman–Crippen MR) is 107 cm³/mol. The van der Waals surface area contributed by atoms with E-state index in [-0.39, 0.29) is 11.8 Å². The smallest absolute Gasteiger partial charge is 0.344 e. The summed E-state index contributed by atoms with van der Waals surface area (Å²) in [7, 11) is 0.974. The molecule has 0 aliphatic carbocycles. The van der Waals surface area contributed by atoms with Crippen molar-refractivity contribution in [1.82, 2.24) is 13.5 Å². The second-order valence-electron chi connectivity index (χ2n) is 6.69. The second kappa shape index (κ2) is 7.91. The molecule has 0 bridgehead atoms. The standard InChI is InChI=1S/C18H15BrF3N3O4S/c1-24-13(18(20,21)22)7-14(26)25(17(24)27)9-2-3-12-11(6-9)15(23-30-12)16-28-8-10(29-16)4-5-19/h2-3,6-7,10,16H,4-5,8H2,1H3. The maximum absolute atomic E-state index is 13.1. The monoisotopic (exact) mass is 505 g/mol. The number of aromatic nitrogens is 3. The predicted octanol–water partition coefficient (Wildman–Crippen LogP) is 3.36. The Kier molecular flexibility index (Phi) is 5.60. The summed E-state index contributed by atoms with van der Waals surface area (Å²) in [6, 6.07) is 5.09. The fourth-order valence-corrected chi connectivity index (χ4v) is 4.54. The zero-order valence-electron chi connectivity index (χ0n) is 15.5. The highest BCUT2D eigenvalue weighted by Crippen LogP contribution is 2.35. The number of ether oxygens (including phenoxy) is 2. The summed E-state index contributed by atoms with van der Waals surface area (Å²) in [4.78, 5) is 24.9. The van der Waals surface area contributed by atoms with Crippen molar-refractivity contribution in [1.29, 1.82) is 0 Å². The van der Waals surface area contributed by atoms with E-state index in [1.54, 1.807) is 6.07 Å². The Hall–Kier alpha value is -2.02. The molecule has 12 heteroatoms. The van der Waals surface area contributed by atoms with Crippen LogP contribution in [-0.4, -0.2) is 31.5 Å². The highest BCUT2D eigenvalue weighted by molar-refractivity contribution is 9.09. The first-order chi connectivity index (χ1) is 14.2. The molecule has 30 heavy (non-hydrogen) atoms. The Labute approximate surface area is 179 Å². The van der Waals surface area contributed by atoms with Crippen LogP contribution >= 0.6 is 27.5 Å². The maximum Gasteiger partial charge on any atom is 0.431 e. The molecule has 2 unspecified atom stereocenters. The molecule has 160 valence electrons. The van der Waals surface area contributed by atoms with E-state index in [1.165, 1.54) is 23.7 Å². The summed E-state index contributed by atoms with van der Waals surface area (Å²) in [5.41, 5.74) is -2.83. The summed E-state index contributed by atoms with van der Waals surface area (Å²) in [5, 5.41) is 1.37. The van der Waals surface area contributed by atoms with E-state index in [0.29, 0.717) is 32.9 Å². The first kappa shape index (κ1) is 21.2. The number of hydrogen-bond donors (Lipinski definition) is 0. The third-order valence-electron chi connectivity index (χ3n) is 4.75. The molecular formula is C18H15BrF3N3O4S. The van der Waals surface area contributed by atoms with Crippen molar-refractivity contribution in [2.24, 2.45) is 7.05 Å². The number of rotatable bonds is 4. The van der Waals surface area contributed by atoms with Gasteiger partial charge < -0.3 is 9.47 Å². The molecular weight excluding hydrogens is 491 g/mol. The molecule has 0 amide bonds. The molecule has 1 aromatic carbocycles. The Morgan fingerprint density at radius 1 is 1.30 bits per heavy atom. The average molecular weight is 506 g/mol. The SMILES string of the molecule is Cn1c(C(F)(F)F)cc(=O)n(-c2ccc3snc(C4OCC(CCBr)O4)c3c2)c1=O. The summed E-state index contributed by atoms with van der Waals surface area (Å²) in [6.07, 6.45) is -4.83. The molecule has 0 saturated carbocycles. The number of hydrogen-bond acceptors (Lipinski definition) is 6. The van der Waals surface area contributed by atoms with E-state index in [4.69, 9.17) is 9.47 Å². The van der Waals surface area contributed by atoms with Crippen LogP contribution in [-0.2, 0) is 22.7 Å². The van der Waals surface area contributed by atoms with Crippen molar-refractivity contribution in [3.63, 3.8) is 0 Å². The minimum atomic E-state index is -4.82. The molecule has 3 aromatic rings. The van der Waals surface area contributed by atoms with Gasteiger partial charge in [0.25, 0.3) is 5.56 Å². The van der Waals surface area contributed by atoms with Gasteiger partial charge in [-0.25, -0.2) is 9.36 Å². The molecule has 4 rings (SSSR count). The Bertz CT molecular complexity index is 1220. The van der Waals surface area contributed by atoms with Gasteiger partial charge in [-0.2, -0.15) is 17.5 Å². The van der Waals surface area contributed by atoms with Gasteiger partial charge >= 0.3 is 11.9 Å². The molecule has 1 fully saturated rings. The lowest BCUT2D eigenvalue weighted by Gasteiger charge is -2.14. The minimum absolute atomic E-state index is 0.0841. The van der Waals surface area contributed by atoms with E-state index in [0.717, 1.165) is 23.5 Å². The van der Waals surface area contributed by atoms with E-state index >= 15 is 0 Å². The van der Waals surface area contributed by atoms with Gasteiger partial charge in [-0.15, -0.1) is 0 Å². The van der Waals surface area contributed by atoms with Gasteiger partial charge in [0.15, 0.2) is 0 Å². The van der Waals surface area contributed by atoms with E-state index in [9.17, 15) is 22.8 Å². The van der Waals surface area contributed by atoms with Crippen molar-refractivity contribution < 1.29 is 22.6 Å². The van der Waals surface area contributed by atoms with Crippen LogP contribution in [0.1, 0.15) is 24.1 Å². The lowest BCUT2D eigenvalue weighted by Crippen LogP contribution is -2.40. The summed E-state index contributed by atoms with van der Waals surface area (Å²) >= 11 is 4.55. The number of nitrogens with zero attached hydrogens (tertiary/aromatic N) is 3. The van der Waals surface area contributed by atoms with Gasteiger partial charge in [0.05, 0.1) is 23.1 Å². The van der Waals surface area contributed by atoms with Crippen molar-refractivity contribution in [3.05, 3.63) is 56.5 Å². The summed E-state index contributed by atoms with van der Waals surface area (Å²) in [6.45, 7) is 0.411. The van der Waals surface area contributed by atoms with Gasteiger partial charge in [-0.1, -0.05) is 15.9 Å². The van der Waals surface area contributed by atoms with Gasteiger partial charge in [0, 0.05) is 23.8 Å². The van der Waals surface area contributed by atoms with Gasteiger partial charge in [-0.05, 0) is 36.2 Å². The number of fused-ring (bicyclic) bond motifs is 1. The van der Waals surface area contributed by atoms with Crippen LogP contribution in [0.3, 0.4) is 0 Å². The highest BCUT2D eigenvalue weighted by atomic mass is 79.9. The Morgan fingerprint density at radius 2 is 2.07 bits per heavy atom. The Balaban J connectivity index is 1.79. The zero-order valence-corrected chi connectivity index (χ0v) is 17.9. The van der Waals surface area contributed by atoms with E-state index < -0.39 is 29.4 Å². The molecule has 7 nitrogen and oxygen atoms in total. The highest BCUT2D eigenvalue weighted by Gasteiger charge is 2.35. The summed E-state index contributed by atoms with van der Waals surface area (Å²) < 4.78 is 57.0. The molecule has 3 heterocycles. The number of alkyl halides is 4. The quantitative estimate of drug-likeness (QED) is 0.508. The number of benzene rings is 1. The van der Waals surface area contributed by atoms with E-state index in [2.05, 4.69) is 20.3 Å². The van der Waals surface area contributed by atoms with Crippen LogP contribution in [0.5, 0.6) is 0 Å². The second-order valence-corrected chi connectivity index (χ2v) is 8.29. The van der Waals surface area contributed by atoms with Crippen LogP contribution in [0, 0.1) is 0 Å². The molecule has 2 atom stereocenters. The zero-order chi connectivity index (χ0) is 21.6. The normalized spacial score (nSPS) is 19.6. The van der Waals surface area contributed by atoms with Crippen molar-refractivity contribution >= 4 is 37.5 Å².